The lowest BCUT2D eigenvalue weighted by Crippen LogP contribution is -2.14. The second kappa shape index (κ2) is 4.88. The smallest absolute Gasteiger partial charge is 0.264 e. The third kappa shape index (κ3) is 2.84. The van der Waals surface area contributed by atoms with Crippen molar-refractivity contribution in [1.82, 2.24) is 9.78 Å². The van der Waals surface area contributed by atoms with Crippen molar-refractivity contribution in [3.8, 4) is 0 Å². The highest BCUT2D eigenvalue weighted by Crippen LogP contribution is 2.22. The number of sulfonamides is 1. The zero-order valence-corrected chi connectivity index (χ0v) is 11.0. The molecule has 0 amide bonds. The van der Waals surface area contributed by atoms with Crippen molar-refractivity contribution in [3.63, 3.8) is 0 Å². The van der Waals surface area contributed by atoms with Gasteiger partial charge in [-0.25, -0.2) is 12.8 Å². The van der Waals surface area contributed by atoms with Crippen LogP contribution in [0.1, 0.15) is 6.92 Å². The lowest BCUT2D eigenvalue weighted by molar-refractivity contribution is 0.600. The van der Waals surface area contributed by atoms with Crippen LogP contribution in [-0.2, 0) is 16.6 Å². The third-order valence-corrected chi connectivity index (χ3v) is 3.93. The van der Waals surface area contributed by atoms with Crippen LogP contribution in [0.15, 0.2) is 35.5 Å². The SMILES string of the molecule is CCn1cc(NS(=O)(=O)c2ccc(F)cc2N)cn1. The molecule has 0 radical (unpaired) electrons. The number of nitrogens with two attached hydrogens (primary N) is 1. The number of benzene rings is 1. The predicted octanol–water partition coefficient (Wildman–Crippen LogP) is 1.43. The van der Waals surface area contributed by atoms with E-state index in [1.165, 1.54) is 6.20 Å². The van der Waals surface area contributed by atoms with Crippen molar-refractivity contribution in [1.29, 1.82) is 0 Å². The summed E-state index contributed by atoms with van der Waals surface area (Å²) in [6.45, 7) is 2.50. The number of rotatable bonds is 4. The molecule has 2 aromatic rings. The van der Waals surface area contributed by atoms with Crippen molar-refractivity contribution >= 4 is 21.4 Å². The van der Waals surface area contributed by atoms with Crippen molar-refractivity contribution in [2.45, 2.75) is 18.4 Å². The van der Waals surface area contributed by atoms with Crippen LogP contribution < -0.4 is 10.5 Å². The number of halogens is 1. The van der Waals surface area contributed by atoms with Gasteiger partial charge in [-0.05, 0) is 25.1 Å². The predicted molar refractivity (Wildman–Crippen MR) is 69.5 cm³/mol. The molecular formula is C11H13FN4O2S. The molecule has 1 heterocycles. The lowest BCUT2D eigenvalue weighted by Gasteiger charge is -2.08. The van der Waals surface area contributed by atoms with Gasteiger partial charge in [0.2, 0.25) is 0 Å². The van der Waals surface area contributed by atoms with E-state index in [1.54, 1.807) is 10.9 Å². The number of anilines is 2. The zero-order chi connectivity index (χ0) is 14.0. The Hall–Kier alpha value is -2.09. The van der Waals surface area contributed by atoms with Gasteiger partial charge in [0.1, 0.15) is 10.7 Å². The molecule has 0 fully saturated rings. The Balaban J connectivity index is 2.32. The fourth-order valence-corrected chi connectivity index (χ4v) is 2.71. The molecule has 19 heavy (non-hydrogen) atoms. The van der Waals surface area contributed by atoms with Crippen LogP contribution in [0.3, 0.4) is 0 Å². The number of nitrogen functional groups attached to an aromatic ring is 1. The molecular weight excluding hydrogens is 271 g/mol. The molecule has 2 rings (SSSR count). The molecule has 8 heteroatoms. The van der Waals surface area contributed by atoms with Crippen molar-refractivity contribution < 1.29 is 12.8 Å². The molecule has 0 saturated carbocycles. The van der Waals surface area contributed by atoms with Gasteiger partial charge in [-0.1, -0.05) is 0 Å². The molecule has 0 saturated heterocycles. The second-order valence-electron chi connectivity index (χ2n) is 3.87. The molecule has 0 spiro atoms. The Labute approximate surface area is 110 Å². The molecule has 1 aromatic carbocycles. The molecule has 0 bridgehead atoms. The first kappa shape index (κ1) is 13.3. The molecule has 0 aliphatic carbocycles. The van der Waals surface area contributed by atoms with E-state index in [1.807, 2.05) is 6.92 Å². The van der Waals surface area contributed by atoms with E-state index in [4.69, 9.17) is 5.73 Å². The van der Waals surface area contributed by atoms with E-state index in [-0.39, 0.29) is 10.6 Å². The van der Waals surface area contributed by atoms with Crippen LogP contribution >= 0.6 is 0 Å². The van der Waals surface area contributed by atoms with Gasteiger partial charge < -0.3 is 5.73 Å². The summed E-state index contributed by atoms with van der Waals surface area (Å²) in [7, 11) is -3.85. The first-order valence-electron chi connectivity index (χ1n) is 5.52. The Morgan fingerprint density at radius 2 is 2.21 bits per heavy atom. The maximum absolute atomic E-state index is 12.9. The largest absolute Gasteiger partial charge is 0.398 e. The topological polar surface area (TPSA) is 90.0 Å². The van der Waals surface area contributed by atoms with Crippen LogP contribution in [0.4, 0.5) is 15.8 Å². The van der Waals surface area contributed by atoms with E-state index >= 15 is 0 Å². The summed E-state index contributed by atoms with van der Waals surface area (Å²) in [5, 5.41) is 3.95. The first-order chi connectivity index (χ1) is 8.92. The highest BCUT2D eigenvalue weighted by molar-refractivity contribution is 7.92. The minimum Gasteiger partial charge on any atom is -0.398 e. The second-order valence-corrected chi connectivity index (χ2v) is 5.52. The number of hydrogen-bond acceptors (Lipinski definition) is 4. The number of hydrogen-bond donors (Lipinski definition) is 2. The average Bonchev–Trinajstić information content (AvgIpc) is 2.75. The number of nitrogens with one attached hydrogen (secondary N) is 1. The highest BCUT2D eigenvalue weighted by atomic mass is 32.2. The van der Waals surface area contributed by atoms with Gasteiger partial charge in [0.25, 0.3) is 10.0 Å². The maximum Gasteiger partial charge on any atom is 0.264 e. The first-order valence-corrected chi connectivity index (χ1v) is 7.01. The van der Waals surface area contributed by atoms with E-state index in [0.717, 1.165) is 18.2 Å². The molecule has 0 aliphatic rings. The monoisotopic (exact) mass is 284 g/mol. The van der Waals surface area contributed by atoms with E-state index in [2.05, 4.69) is 9.82 Å². The molecule has 0 unspecified atom stereocenters. The fourth-order valence-electron chi connectivity index (χ4n) is 1.56. The van der Waals surface area contributed by atoms with Gasteiger partial charge in [0.05, 0.1) is 17.6 Å². The van der Waals surface area contributed by atoms with Gasteiger partial charge in [-0.15, -0.1) is 0 Å². The Bertz CT molecular complexity index is 696. The van der Waals surface area contributed by atoms with Crippen molar-refractivity contribution in [2.24, 2.45) is 0 Å². The molecule has 3 N–H and O–H groups in total. The minimum atomic E-state index is -3.85. The zero-order valence-electron chi connectivity index (χ0n) is 10.2. The molecule has 0 atom stereocenters. The lowest BCUT2D eigenvalue weighted by atomic mass is 10.3. The summed E-state index contributed by atoms with van der Waals surface area (Å²) in [5.41, 5.74) is 5.69. The minimum absolute atomic E-state index is 0.143. The summed E-state index contributed by atoms with van der Waals surface area (Å²) >= 11 is 0. The fraction of sp³-hybridized carbons (Fsp3) is 0.182. The van der Waals surface area contributed by atoms with Gasteiger partial charge >= 0.3 is 0 Å². The molecule has 0 aliphatic heterocycles. The van der Waals surface area contributed by atoms with Crippen LogP contribution in [0.2, 0.25) is 0 Å². The quantitative estimate of drug-likeness (QED) is 0.831. The normalized spacial score (nSPS) is 11.5. The maximum atomic E-state index is 12.9. The van der Waals surface area contributed by atoms with Crippen LogP contribution in [-0.4, -0.2) is 18.2 Å². The van der Waals surface area contributed by atoms with Gasteiger partial charge in [0.15, 0.2) is 0 Å². The van der Waals surface area contributed by atoms with Crippen molar-refractivity contribution in [3.05, 3.63) is 36.4 Å². The molecule has 1 aromatic heterocycles. The standard InChI is InChI=1S/C11H13FN4O2S/c1-2-16-7-9(6-14-16)15-19(17,18)11-4-3-8(12)5-10(11)13/h3-7,15H,2,13H2,1H3. The molecule has 102 valence electrons. The summed E-state index contributed by atoms with van der Waals surface area (Å²) in [5.74, 6) is -0.588. The van der Waals surface area contributed by atoms with E-state index in [9.17, 15) is 12.8 Å². The van der Waals surface area contributed by atoms with Gasteiger partial charge in [0, 0.05) is 12.7 Å². The van der Waals surface area contributed by atoms with Gasteiger partial charge in [-0.2, -0.15) is 5.10 Å². The summed E-state index contributed by atoms with van der Waals surface area (Å²) in [6, 6.07) is 3.13. The third-order valence-electron chi connectivity index (χ3n) is 2.47. The number of nitrogens with zero attached hydrogens (tertiary/aromatic N) is 2. The van der Waals surface area contributed by atoms with E-state index < -0.39 is 15.8 Å². The van der Waals surface area contributed by atoms with Crippen LogP contribution in [0.25, 0.3) is 0 Å². The Morgan fingerprint density at radius 3 is 2.79 bits per heavy atom. The van der Waals surface area contributed by atoms with Crippen LogP contribution in [0.5, 0.6) is 0 Å². The van der Waals surface area contributed by atoms with Gasteiger partial charge in [-0.3, -0.25) is 9.40 Å². The number of aryl methyl sites for hydroxylation is 1. The van der Waals surface area contributed by atoms with E-state index in [0.29, 0.717) is 12.2 Å². The summed E-state index contributed by atoms with van der Waals surface area (Å²) in [6.07, 6.45) is 2.94. The molecule has 6 nitrogen and oxygen atoms in total. The summed E-state index contributed by atoms with van der Waals surface area (Å²) in [4.78, 5) is -0.168. The van der Waals surface area contributed by atoms with Crippen molar-refractivity contribution in [2.75, 3.05) is 10.5 Å². The summed E-state index contributed by atoms with van der Waals surface area (Å²) < 4.78 is 41.0. The Morgan fingerprint density at radius 1 is 1.47 bits per heavy atom. The van der Waals surface area contributed by atoms with Crippen LogP contribution in [0, 0.1) is 5.82 Å². The highest BCUT2D eigenvalue weighted by Gasteiger charge is 2.18. The average molecular weight is 284 g/mol. The number of aromatic nitrogens is 2. The Kier molecular flexibility index (Phi) is 3.43.